The van der Waals surface area contributed by atoms with Crippen LogP contribution >= 0.6 is 31.9 Å². The molecule has 2 aliphatic rings. The Labute approximate surface area is 129 Å². The predicted octanol–water partition coefficient (Wildman–Crippen LogP) is 4.51. The van der Waals surface area contributed by atoms with Gasteiger partial charge >= 0.3 is 0 Å². The van der Waals surface area contributed by atoms with Crippen LogP contribution in [-0.2, 0) is 13.1 Å². The molecule has 0 amide bonds. The summed E-state index contributed by atoms with van der Waals surface area (Å²) in [6.07, 6.45) is 0. The standard InChI is InChI=1S/C15H12Br2N2/c16-12-5-1-3-10-7-18-9-19(14(10)12)8-11-4-2-6-13(17)15(11)18/h1-6H,7-9H2. The van der Waals surface area contributed by atoms with Crippen molar-refractivity contribution in [1.29, 1.82) is 0 Å². The Morgan fingerprint density at radius 2 is 1.21 bits per heavy atom. The van der Waals surface area contributed by atoms with Crippen molar-refractivity contribution in [2.24, 2.45) is 0 Å². The number of para-hydroxylation sites is 2. The van der Waals surface area contributed by atoms with Crippen molar-refractivity contribution in [1.82, 2.24) is 0 Å². The molecule has 0 atom stereocenters. The van der Waals surface area contributed by atoms with E-state index in [4.69, 9.17) is 0 Å². The van der Waals surface area contributed by atoms with Gasteiger partial charge in [-0.05, 0) is 55.1 Å². The summed E-state index contributed by atoms with van der Waals surface area (Å²) < 4.78 is 2.39. The molecule has 0 saturated carbocycles. The zero-order chi connectivity index (χ0) is 13.0. The highest BCUT2D eigenvalue weighted by Gasteiger charge is 2.31. The average molecular weight is 380 g/mol. The van der Waals surface area contributed by atoms with Crippen LogP contribution in [0.4, 0.5) is 11.4 Å². The Hall–Kier alpha value is -1.00. The van der Waals surface area contributed by atoms with Gasteiger partial charge in [0.05, 0.1) is 18.0 Å². The van der Waals surface area contributed by atoms with Crippen molar-refractivity contribution in [3.63, 3.8) is 0 Å². The summed E-state index contributed by atoms with van der Waals surface area (Å²) >= 11 is 7.38. The summed E-state index contributed by atoms with van der Waals surface area (Å²) in [5, 5.41) is 0. The van der Waals surface area contributed by atoms with E-state index < -0.39 is 0 Å². The molecule has 0 saturated heterocycles. The molecule has 0 spiro atoms. The van der Waals surface area contributed by atoms with Gasteiger partial charge in [0, 0.05) is 22.0 Å². The van der Waals surface area contributed by atoms with Crippen LogP contribution in [0.15, 0.2) is 45.3 Å². The molecule has 19 heavy (non-hydrogen) atoms. The lowest BCUT2D eigenvalue weighted by Crippen LogP contribution is -2.46. The maximum atomic E-state index is 3.69. The van der Waals surface area contributed by atoms with Crippen LogP contribution in [0, 0.1) is 0 Å². The molecule has 2 heterocycles. The summed E-state index contributed by atoms with van der Waals surface area (Å²) in [5.41, 5.74) is 5.48. The molecule has 0 aromatic heterocycles. The van der Waals surface area contributed by atoms with Crippen molar-refractivity contribution >= 4 is 43.2 Å². The molecule has 0 N–H and O–H groups in total. The number of hydrogen-bond acceptors (Lipinski definition) is 2. The van der Waals surface area contributed by atoms with Crippen LogP contribution in [0.2, 0.25) is 0 Å². The minimum absolute atomic E-state index is 0.964. The Balaban J connectivity index is 1.89. The van der Waals surface area contributed by atoms with E-state index in [2.05, 4.69) is 78.1 Å². The molecule has 2 aromatic carbocycles. The summed E-state index contributed by atoms with van der Waals surface area (Å²) in [6.45, 7) is 2.91. The number of nitrogens with zero attached hydrogens (tertiary/aromatic N) is 2. The van der Waals surface area contributed by atoms with Crippen LogP contribution in [0.3, 0.4) is 0 Å². The smallest absolute Gasteiger partial charge is 0.0910 e. The molecule has 2 aromatic rings. The maximum Gasteiger partial charge on any atom is 0.0910 e. The van der Waals surface area contributed by atoms with Gasteiger partial charge in [-0.3, -0.25) is 0 Å². The Bertz CT molecular complexity index is 612. The molecule has 0 aliphatic carbocycles. The average Bonchev–Trinajstić information content (AvgIpc) is 2.38. The number of rotatable bonds is 0. The zero-order valence-corrected chi connectivity index (χ0v) is 13.4. The first-order valence-electron chi connectivity index (χ1n) is 6.29. The fourth-order valence-corrected chi connectivity index (χ4v) is 4.42. The number of anilines is 2. The lowest BCUT2D eigenvalue weighted by molar-refractivity contribution is 0.648. The molecule has 0 fully saturated rings. The van der Waals surface area contributed by atoms with Gasteiger partial charge in [-0.15, -0.1) is 0 Å². The van der Waals surface area contributed by atoms with Gasteiger partial charge in [0.15, 0.2) is 0 Å². The molecule has 2 aliphatic heterocycles. The van der Waals surface area contributed by atoms with Gasteiger partial charge in [0.1, 0.15) is 0 Å². The SMILES string of the molecule is Brc1cccc2c1N1Cc3cccc(Br)c3N(C2)C1. The highest BCUT2D eigenvalue weighted by atomic mass is 79.9. The molecule has 0 unspecified atom stereocenters. The fourth-order valence-electron chi connectivity index (χ4n) is 3.10. The van der Waals surface area contributed by atoms with Gasteiger partial charge in [-0.25, -0.2) is 0 Å². The second-order valence-electron chi connectivity index (χ2n) is 5.03. The topological polar surface area (TPSA) is 6.48 Å². The normalized spacial score (nSPS) is 16.1. The molecule has 2 bridgehead atoms. The largest absolute Gasteiger partial charge is 0.348 e. The Morgan fingerprint density at radius 1 is 0.737 bits per heavy atom. The van der Waals surface area contributed by atoms with E-state index in [0.717, 1.165) is 19.8 Å². The number of halogens is 2. The highest BCUT2D eigenvalue weighted by Crippen LogP contribution is 2.43. The summed E-state index contributed by atoms with van der Waals surface area (Å²) in [6, 6.07) is 12.9. The molecule has 0 radical (unpaired) electrons. The van der Waals surface area contributed by atoms with Crippen LogP contribution < -0.4 is 9.80 Å². The van der Waals surface area contributed by atoms with Crippen molar-refractivity contribution < 1.29 is 0 Å². The molecule has 96 valence electrons. The van der Waals surface area contributed by atoms with Crippen molar-refractivity contribution in [3.8, 4) is 0 Å². The lowest BCUT2D eigenvalue weighted by atomic mass is 10.0. The first-order chi connectivity index (χ1) is 9.24. The van der Waals surface area contributed by atoms with Gasteiger partial charge < -0.3 is 9.80 Å². The van der Waals surface area contributed by atoms with E-state index in [0.29, 0.717) is 0 Å². The van der Waals surface area contributed by atoms with Crippen LogP contribution in [-0.4, -0.2) is 6.67 Å². The number of benzene rings is 2. The minimum atomic E-state index is 0.964. The molecule has 4 rings (SSSR count). The summed E-state index contributed by atoms with van der Waals surface area (Å²) in [7, 11) is 0. The van der Waals surface area contributed by atoms with Gasteiger partial charge in [-0.1, -0.05) is 24.3 Å². The second kappa shape index (κ2) is 4.25. The first-order valence-corrected chi connectivity index (χ1v) is 7.87. The van der Waals surface area contributed by atoms with Gasteiger partial charge in [0.2, 0.25) is 0 Å². The van der Waals surface area contributed by atoms with Crippen LogP contribution in [0.5, 0.6) is 0 Å². The first kappa shape index (κ1) is 11.8. The monoisotopic (exact) mass is 378 g/mol. The predicted molar refractivity (Wildman–Crippen MR) is 85.5 cm³/mol. The van der Waals surface area contributed by atoms with Gasteiger partial charge in [0.25, 0.3) is 0 Å². The maximum absolute atomic E-state index is 3.69. The molecular weight excluding hydrogens is 368 g/mol. The quantitative estimate of drug-likeness (QED) is 0.664. The Morgan fingerprint density at radius 3 is 1.68 bits per heavy atom. The van der Waals surface area contributed by atoms with E-state index in [9.17, 15) is 0 Å². The Kier molecular flexibility index (Phi) is 2.64. The highest BCUT2D eigenvalue weighted by molar-refractivity contribution is 9.11. The summed E-state index contributed by atoms with van der Waals surface area (Å²) in [4.78, 5) is 4.88. The third kappa shape index (κ3) is 1.73. The van der Waals surface area contributed by atoms with Crippen molar-refractivity contribution in [2.45, 2.75) is 13.1 Å². The van der Waals surface area contributed by atoms with E-state index in [1.165, 1.54) is 31.4 Å². The van der Waals surface area contributed by atoms with Crippen molar-refractivity contribution in [3.05, 3.63) is 56.5 Å². The summed E-state index contributed by atoms with van der Waals surface area (Å²) in [5.74, 6) is 0. The number of hydrogen-bond donors (Lipinski definition) is 0. The van der Waals surface area contributed by atoms with E-state index in [-0.39, 0.29) is 0 Å². The second-order valence-corrected chi connectivity index (χ2v) is 6.74. The van der Waals surface area contributed by atoms with E-state index in [1.807, 2.05) is 0 Å². The minimum Gasteiger partial charge on any atom is -0.348 e. The third-order valence-corrected chi connectivity index (χ3v) is 5.12. The third-order valence-electron chi connectivity index (χ3n) is 3.84. The van der Waals surface area contributed by atoms with Crippen molar-refractivity contribution in [2.75, 3.05) is 16.5 Å². The lowest BCUT2D eigenvalue weighted by Gasteiger charge is -2.45. The van der Waals surface area contributed by atoms with Crippen LogP contribution in [0.25, 0.3) is 0 Å². The molecular formula is C15H12Br2N2. The van der Waals surface area contributed by atoms with E-state index >= 15 is 0 Å². The van der Waals surface area contributed by atoms with Gasteiger partial charge in [-0.2, -0.15) is 0 Å². The van der Waals surface area contributed by atoms with E-state index in [1.54, 1.807) is 0 Å². The fraction of sp³-hybridized carbons (Fsp3) is 0.200. The van der Waals surface area contributed by atoms with Crippen LogP contribution in [0.1, 0.15) is 11.1 Å². The number of fused-ring (bicyclic) bond motifs is 6. The zero-order valence-electron chi connectivity index (χ0n) is 10.2. The molecule has 4 heteroatoms. The molecule has 2 nitrogen and oxygen atoms in total.